The van der Waals surface area contributed by atoms with E-state index in [1.807, 2.05) is 30.3 Å². The number of aliphatic hydroxyl groups is 1. The lowest BCUT2D eigenvalue weighted by Gasteiger charge is -2.30. The molecule has 120 valence electrons. The molecule has 2 amide bonds. The quantitative estimate of drug-likeness (QED) is 0.734. The SMILES string of the molecule is O=C(Cc1ccccc1)NCC(=O)NC1CCCCC1CO. The molecular formula is C17H24N2O3. The zero-order valence-electron chi connectivity index (χ0n) is 12.8. The first-order valence-electron chi connectivity index (χ1n) is 7.90. The van der Waals surface area contributed by atoms with E-state index >= 15 is 0 Å². The zero-order valence-corrected chi connectivity index (χ0v) is 12.8. The molecule has 1 fully saturated rings. The van der Waals surface area contributed by atoms with Gasteiger partial charge in [0.2, 0.25) is 11.8 Å². The molecular weight excluding hydrogens is 280 g/mol. The van der Waals surface area contributed by atoms with Crippen molar-refractivity contribution in [3.63, 3.8) is 0 Å². The Bertz CT molecular complexity index is 490. The van der Waals surface area contributed by atoms with E-state index in [4.69, 9.17) is 0 Å². The minimum Gasteiger partial charge on any atom is -0.396 e. The van der Waals surface area contributed by atoms with Crippen LogP contribution >= 0.6 is 0 Å². The Balaban J connectivity index is 1.71. The third-order valence-electron chi connectivity index (χ3n) is 4.14. The van der Waals surface area contributed by atoms with Crippen LogP contribution in [0.3, 0.4) is 0 Å². The standard InChI is InChI=1S/C17H24N2O3/c20-12-14-8-4-5-9-15(14)19-17(22)11-18-16(21)10-13-6-2-1-3-7-13/h1-3,6-7,14-15,20H,4-5,8-12H2,(H,18,21)(H,19,22). The van der Waals surface area contributed by atoms with Crippen LogP contribution in [0.4, 0.5) is 0 Å². The fraction of sp³-hybridized carbons (Fsp3) is 0.529. The smallest absolute Gasteiger partial charge is 0.239 e. The number of hydrogen-bond acceptors (Lipinski definition) is 3. The van der Waals surface area contributed by atoms with Crippen LogP contribution < -0.4 is 10.6 Å². The molecule has 0 heterocycles. The maximum Gasteiger partial charge on any atom is 0.239 e. The van der Waals surface area contributed by atoms with Crippen molar-refractivity contribution >= 4 is 11.8 Å². The Labute approximate surface area is 131 Å². The summed E-state index contributed by atoms with van der Waals surface area (Å²) in [5.74, 6) is -0.215. The average molecular weight is 304 g/mol. The second-order valence-electron chi connectivity index (χ2n) is 5.84. The van der Waals surface area contributed by atoms with Crippen molar-refractivity contribution in [1.82, 2.24) is 10.6 Å². The van der Waals surface area contributed by atoms with E-state index in [-0.39, 0.29) is 43.3 Å². The van der Waals surface area contributed by atoms with Crippen LogP contribution in [-0.2, 0) is 16.0 Å². The molecule has 5 heteroatoms. The van der Waals surface area contributed by atoms with E-state index in [2.05, 4.69) is 10.6 Å². The van der Waals surface area contributed by atoms with Gasteiger partial charge in [-0.2, -0.15) is 0 Å². The number of aliphatic hydroxyl groups excluding tert-OH is 1. The van der Waals surface area contributed by atoms with Crippen molar-refractivity contribution in [3.8, 4) is 0 Å². The molecule has 0 bridgehead atoms. The van der Waals surface area contributed by atoms with Gasteiger partial charge in [0, 0.05) is 18.6 Å². The minimum absolute atomic E-state index is 0.0136. The largest absolute Gasteiger partial charge is 0.396 e. The van der Waals surface area contributed by atoms with Crippen molar-refractivity contribution in [2.45, 2.75) is 38.1 Å². The second kappa shape index (κ2) is 8.54. The summed E-state index contributed by atoms with van der Waals surface area (Å²) in [7, 11) is 0. The van der Waals surface area contributed by atoms with Crippen LogP contribution in [0.2, 0.25) is 0 Å². The second-order valence-corrected chi connectivity index (χ2v) is 5.84. The summed E-state index contributed by atoms with van der Waals surface area (Å²) >= 11 is 0. The molecule has 1 aromatic carbocycles. The third-order valence-corrected chi connectivity index (χ3v) is 4.14. The van der Waals surface area contributed by atoms with E-state index in [0.29, 0.717) is 0 Å². The molecule has 1 aliphatic rings. The average Bonchev–Trinajstić information content (AvgIpc) is 2.54. The van der Waals surface area contributed by atoms with Gasteiger partial charge in [0.05, 0.1) is 13.0 Å². The fourth-order valence-corrected chi connectivity index (χ4v) is 2.90. The topological polar surface area (TPSA) is 78.4 Å². The van der Waals surface area contributed by atoms with E-state index in [1.54, 1.807) is 0 Å². The van der Waals surface area contributed by atoms with Crippen LogP contribution in [0.15, 0.2) is 30.3 Å². The lowest BCUT2D eigenvalue weighted by atomic mass is 9.85. The number of hydrogen-bond donors (Lipinski definition) is 3. The van der Waals surface area contributed by atoms with E-state index in [0.717, 1.165) is 31.2 Å². The van der Waals surface area contributed by atoms with Gasteiger partial charge in [-0.15, -0.1) is 0 Å². The van der Waals surface area contributed by atoms with Gasteiger partial charge >= 0.3 is 0 Å². The molecule has 0 aliphatic heterocycles. The van der Waals surface area contributed by atoms with Gasteiger partial charge in [-0.3, -0.25) is 9.59 Å². The Morgan fingerprint density at radius 3 is 2.55 bits per heavy atom. The lowest BCUT2D eigenvalue weighted by molar-refractivity contribution is -0.126. The molecule has 22 heavy (non-hydrogen) atoms. The highest BCUT2D eigenvalue weighted by molar-refractivity contribution is 5.85. The van der Waals surface area contributed by atoms with Gasteiger partial charge in [0.1, 0.15) is 0 Å². The number of carbonyl (C=O) groups is 2. The monoisotopic (exact) mass is 304 g/mol. The molecule has 3 N–H and O–H groups in total. The highest BCUT2D eigenvalue weighted by Gasteiger charge is 2.25. The van der Waals surface area contributed by atoms with Gasteiger partial charge < -0.3 is 15.7 Å². The first-order valence-corrected chi connectivity index (χ1v) is 7.90. The van der Waals surface area contributed by atoms with Crippen molar-refractivity contribution in [3.05, 3.63) is 35.9 Å². The van der Waals surface area contributed by atoms with Gasteiger partial charge in [0.25, 0.3) is 0 Å². The van der Waals surface area contributed by atoms with Gasteiger partial charge in [-0.25, -0.2) is 0 Å². The predicted molar refractivity (Wildman–Crippen MR) is 84.1 cm³/mol. The molecule has 0 aromatic heterocycles. The molecule has 1 aromatic rings. The molecule has 1 aliphatic carbocycles. The molecule has 0 radical (unpaired) electrons. The van der Waals surface area contributed by atoms with Gasteiger partial charge in [-0.1, -0.05) is 43.2 Å². The van der Waals surface area contributed by atoms with Crippen molar-refractivity contribution < 1.29 is 14.7 Å². The number of nitrogens with one attached hydrogen (secondary N) is 2. The van der Waals surface area contributed by atoms with Crippen LogP contribution in [0.5, 0.6) is 0 Å². The zero-order chi connectivity index (χ0) is 15.8. The molecule has 0 spiro atoms. The minimum atomic E-state index is -0.188. The maximum absolute atomic E-state index is 11.9. The molecule has 0 saturated heterocycles. The summed E-state index contributed by atoms with van der Waals surface area (Å²) in [5, 5.41) is 14.9. The molecule has 2 atom stereocenters. The normalized spacial score (nSPS) is 21.1. The van der Waals surface area contributed by atoms with Crippen molar-refractivity contribution in [2.75, 3.05) is 13.2 Å². The first kappa shape index (κ1) is 16.5. The van der Waals surface area contributed by atoms with Gasteiger partial charge in [-0.05, 0) is 18.4 Å². The van der Waals surface area contributed by atoms with Gasteiger partial charge in [0.15, 0.2) is 0 Å². The Kier molecular flexibility index (Phi) is 6.40. The van der Waals surface area contributed by atoms with E-state index in [1.165, 1.54) is 0 Å². The van der Waals surface area contributed by atoms with Crippen LogP contribution in [0.1, 0.15) is 31.2 Å². The number of carbonyl (C=O) groups excluding carboxylic acids is 2. The third kappa shape index (κ3) is 5.15. The summed E-state index contributed by atoms with van der Waals surface area (Å²) in [6, 6.07) is 9.45. The summed E-state index contributed by atoms with van der Waals surface area (Å²) in [6.07, 6.45) is 4.29. The molecule has 2 unspecified atom stereocenters. The maximum atomic E-state index is 11.9. The number of amides is 2. The van der Waals surface area contributed by atoms with Crippen molar-refractivity contribution in [1.29, 1.82) is 0 Å². The van der Waals surface area contributed by atoms with Crippen LogP contribution in [0, 0.1) is 5.92 Å². The fourth-order valence-electron chi connectivity index (χ4n) is 2.90. The molecule has 5 nitrogen and oxygen atoms in total. The summed E-state index contributed by atoms with van der Waals surface area (Å²) < 4.78 is 0. The highest BCUT2D eigenvalue weighted by Crippen LogP contribution is 2.23. The number of benzene rings is 1. The summed E-state index contributed by atoms with van der Waals surface area (Å²) in [5.41, 5.74) is 0.924. The van der Waals surface area contributed by atoms with E-state index < -0.39 is 0 Å². The Hall–Kier alpha value is -1.88. The van der Waals surface area contributed by atoms with Crippen LogP contribution in [-0.4, -0.2) is 36.1 Å². The van der Waals surface area contributed by atoms with Crippen LogP contribution in [0.25, 0.3) is 0 Å². The molecule has 1 saturated carbocycles. The van der Waals surface area contributed by atoms with E-state index in [9.17, 15) is 14.7 Å². The summed E-state index contributed by atoms with van der Waals surface area (Å²) in [6.45, 7) is 0.0889. The summed E-state index contributed by atoms with van der Waals surface area (Å²) in [4.78, 5) is 23.7. The predicted octanol–water partition coefficient (Wildman–Crippen LogP) is 1.01. The molecule has 2 rings (SSSR count). The lowest BCUT2D eigenvalue weighted by Crippen LogP contribution is -2.47. The first-order chi connectivity index (χ1) is 10.7. The highest BCUT2D eigenvalue weighted by atomic mass is 16.3. The Morgan fingerprint density at radius 2 is 1.82 bits per heavy atom. The van der Waals surface area contributed by atoms with Crippen molar-refractivity contribution in [2.24, 2.45) is 5.92 Å². The Morgan fingerprint density at radius 1 is 1.09 bits per heavy atom. The number of rotatable bonds is 6.